The van der Waals surface area contributed by atoms with Gasteiger partial charge in [-0.25, -0.2) is 0 Å². The maximum Gasteiger partial charge on any atom is 0.225 e. The first-order valence-corrected chi connectivity index (χ1v) is 10.9. The Morgan fingerprint density at radius 1 is 1.22 bits per heavy atom. The van der Waals surface area contributed by atoms with Gasteiger partial charge in [-0.3, -0.25) is 9.36 Å². The van der Waals surface area contributed by atoms with E-state index in [2.05, 4.69) is 51.0 Å². The molecule has 1 unspecified atom stereocenters. The highest BCUT2D eigenvalue weighted by Gasteiger charge is 2.28. The summed E-state index contributed by atoms with van der Waals surface area (Å²) in [4.78, 5) is 16.0. The lowest BCUT2D eigenvalue weighted by Gasteiger charge is -2.31. The summed E-state index contributed by atoms with van der Waals surface area (Å²) in [5, 5.41) is 15.7. The van der Waals surface area contributed by atoms with E-state index in [0.29, 0.717) is 13.1 Å². The van der Waals surface area contributed by atoms with Crippen molar-refractivity contribution < 1.29 is 4.79 Å². The lowest BCUT2D eigenvalue weighted by Crippen LogP contribution is -2.42. The Bertz CT molecular complexity index is 895. The molecule has 1 saturated heterocycles. The van der Waals surface area contributed by atoms with Crippen LogP contribution in [-0.4, -0.2) is 33.8 Å². The molecule has 0 saturated carbocycles. The molecule has 1 amide bonds. The molecule has 0 aliphatic carbocycles. The predicted molar refractivity (Wildman–Crippen MR) is 110 cm³/mol. The Balaban J connectivity index is 1.42. The monoisotopic (exact) mass is 401 g/mol. The van der Waals surface area contributed by atoms with Crippen LogP contribution in [0.15, 0.2) is 29.6 Å². The first-order valence-electron chi connectivity index (χ1n) is 9.15. The van der Waals surface area contributed by atoms with E-state index >= 15 is 0 Å². The zero-order chi connectivity index (χ0) is 18.8. The predicted octanol–water partition coefficient (Wildman–Crippen LogP) is 3.54. The molecule has 1 atom stereocenters. The Kier molecular flexibility index (Phi) is 5.27. The summed E-state index contributed by atoms with van der Waals surface area (Å²) in [7, 11) is 0. The minimum atomic E-state index is 0.00103. The average Bonchev–Trinajstić information content (AvgIpc) is 3.42. The fourth-order valence-electron chi connectivity index (χ4n) is 3.49. The van der Waals surface area contributed by atoms with E-state index in [1.54, 1.807) is 22.7 Å². The van der Waals surface area contributed by atoms with Gasteiger partial charge in [0.2, 0.25) is 16.2 Å². The lowest BCUT2D eigenvalue weighted by atomic mass is 9.97. The van der Waals surface area contributed by atoms with Crippen molar-refractivity contribution in [1.82, 2.24) is 20.1 Å². The second-order valence-corrected chi connectivity index (χ2v) is 8.87. The Labute approximate surface area is 166 Å². The van der Waals surface area contributed by atoms with Crippen molar-refractivity contribution in [1.29, 1.82) is 0 Å². The summed E-state index contributed by atoms with van der Waals surface area (Å²) in [5.74, 6) is 0.135. The summed E-state index contributed by atoms with van der Waals surface area (Å²) in [6.45, 7) is 6.38. The molecular weight excluding hydrogens is 378 g/mol. The van der Waals surface area contributed by atoms with E-state index in [9.17, 15) is 4.79 Å². The van der Waals surface area contributed by atoms with Crippen molar-refractivity contribution in [2.75, 3.05) is 18.0 Å². The van der Waals surface area contributed by atoms with Crippen molar-refractivity contribution in [3.05, 3.63) is 45.9 Å². The number of amides is 1. The van der Waals surface area contributed by atoms with Gasteiger partial charge in [0.25, 0.3) is 0 Å². The number of rotatable bonds is 5. The molecule has 4 rings (SSSR count). The van der Waals surface area contributed by atoms with E-state index in [0.717, 1.165) is 41.0 Å². The van der Waals surface area contributed by atoms with Gasteiger partial charge in [0.1, 0.15) is 0 Å². The van der Waals surface area contributed by atoms with Crippen molar-refractivity contribution in [2.45, 2.75) is 33.2 Å². The minimum Gasteiger partial charge on any atom is -0.351 e. The highest BCUT2D eigenvalue weighted by molar-refractivity contribution is 7.17. The third-order valence-corrected chi connectivity index (χ3v) is 6.79. The number of aryl methyl sites for hydroxylation is 2. The molecule has 1 N–H and O–H groups in total. The number of hydrogen-bond acceptors (Lipinski definition) is 6. The summed E-state index contributed by atoms with van der Waals surface area (Å²) in [6.07, 6.45) is 1.92. The number of carbonyl (C=O) groups is 1. The van der Waals surface area contributed by atoms with Gasteiger partial charge in [-0.1, -0.05) is 17.4 Å². The zero-order valence-electron chi connectivity index (χ0n) is 15.5. The van der Waals surface area contributed by atoms with Gasteiger partial charge in [0, 0.05) is 29.4 Å². The van der Waals surface area contributed by atoms with Crippen LogP contribution in [0, 0.1) is 19.8 Å². The van der Waals surface area contributed by atoms with E-state index in [1.807, 2.05) is 17.5 Å². The third-order valence-electron chi connectivity index (χ3n) is 4.95. The number of nitrogens with zero attached hydrogens (tertiary/aromatic N) is 4. The van der Waals surface area contributed by atoms with Gasteiger partial charge in [-0.15, -0.1) is 21.5 Å². The van der Waals surface area contributed by atoms with E-state index in [1.165, 1.54) is 4.88 Å². The number of aromatic nitrogens is 3. The molecule has 1 aliphatic heterocycles. The number of hydrogen-bond donors (Lipinski definition) is 1. The smallest absolute Gasteiger partial charge is 0.225 e. The number of anilines is 1. The highest BCUT2D eigenvalue weighted by Crippen LogP contribution is 2.29. The van der Waals surface area contributed by atoms with Gasteiger partial charge in [-0.05, 0) is 50.3 Å². The van der Waals surface area contributed by atoms with Gasteiger partial charge in [0.05, 0.1) is 12.5 Å². The van der Waals surface area contributed by atoms with Gasteiger partial charge in [-0.2, -0.15) is 0 Å². The summed E-state index contributed by atoms with van der Waals surface area (Å²) < 4.78 is 2.12. The standard InChI is InChI=1S/C19H23N5OS2/c1-13-7-8-14(2)24(13)19-22-21-18(27-19)23-9-3-5-15(12-23)17(25)20-11-16-6-4-10-26-16/h4,6-8,10,15H,3,5,9,11-12H2,1-2H3,(H,20,25). The first-order chi connectivity index (χ1) is 13.1. The summed E-state index contributed by atoms with van der Waals surface area (Å²) in [5.41, 5.74) is 2.30. The highest BCUT2D eigenvalue weighted by atomic mass is 32.1. The molecule has 142 valence electrons. The third kappa shape index (κ3) is 3.91. The molecule has 0 bridgehead atoms. The number of thiophene rings is 1. The van der Waals surface area contributed by atoms with E-state index < -0.39 is 0 Å². The van der Waals surface area contributed by atoms with Crippen LogP contribution in [0.1, 0.15) is 29.1 Å². The second kappa shape index (κ2) is 7.82. The Hall–Kier alpha value is -2.19. The SMILES string of the molecule is Cc1ccc(C)n1-c1nnc(N2CCCC(C(=O)NCc3cccs3)C2)s1. The van der Waals surface area contributed by atoms with Gasteiger partial charge >= 0.3 is 0 Å². The molecule has 8 heteroatoms. The maximum atomic E-state index is 12.6. The van der Waals surface area contributed by atoms with Crippen LogP contribution in [0.2, 0.25) is 0 Å². The van der Waals surface area contributed by atoms with Crippen LogP contribution in [0.25, 0.3) is 5.13 Å². The quantitative estimate of drug-likeness (QED) is 0.710. The van der Waals surface area contributed by atoms with E-state index in [-0.39, 0.29) is 11.8 Å². The second-order valence-electron chi connectivity index (χ2n) is 6.90. The summed E-state index contributed by atoms with van der Waals surface area (Å²) in [6, 6.07) is 8.23. The van der Waals surface area contributed by atoms with E-state index in [4.69, 9.17) is 0 Å². The molecule has 1 fully saturated rings. The van der Waals surface area contributed by atoms with Crippen molar-refractivity contribution in [3.63, 3.8) is 0 Å². The van der Waals surface area contributed by atoms with Crippen LogP contribution in [0.5, 0.6) is 0 Å². The molecule has 4 heterocycles. The topological polar surface area (TPSA) is 63.1 Å². The Morgan fingerprint density at radius 3 is 2.74 bits per heavy atom. The average molecular weight is 402 g/mol. The lowest BCUT2D eigenvalue weighted by molar-refractivity contribution is -0.125. The molecule has 6 nitrogen and oxygen atoms in total. The number of piperidine rings is 1. The molecule has 3 aromatic rings. The molecule has 1 aliphatic rings. The fraction of sp³-hybridized carbons (Fsp3) is 0.421. The van der Waals surface area contributed by atoms with Gasteiger partial charge < -0.3 is 10.2 Å². The first kappa shape index (κ1) is 18.2. The molecule has 0 radical (unpaired) electrons. The van der Waals surface area contributed by atoms with Crippen LogP contribution in [-0.2, 0) is 11.3 Å². The van der Waals surface area contributed by atoms with Crippen LogP contribution < -0.4 is 10.2 Å². The van der Waals surface area contributed by atoms with Gasteiger partial charge in [0.15, 0.2) is 0 Å². The zero-order valence-corrected chi connectivity index (χ0v) is 17.1. The van der Waals surface area contributed by atoms with Crippen LogP contribution in [0.4, 0.5) is 5.13 Å². The molecule has 0 aromatic carbocycles. The van der Waals surface area contributed by atoms with Crippen molar-refractivity contribution >= 4 is 33.7 Å². The van der Waals surface area contributed by atoms with Crippen LogP contribution in [0.3, 0.4) is 0 Å². The molecule has 3 aromatic heterocycles. The number of carbonyl (C=O) groups excluding carboxylic acids is 1. The number of nitrogens with one attached hydrogen (secondary N) is 1. The molecular formula is C19H23N5OS2. The maximum absolute atomic E-state index is 12.6. The summed E-state index contributed by atoms with van der Waals surface area (Å²) >= 11 is 3.26. The molecule has 0 spiro atoms. The fourth-order valence-corrected chi connectivity index (χ4v) is 5.14. The molecule has 27 heavy (non-hydrogen) atoms. The van der Waals surface area contributed by atoms with Crippen molar-refractivity contribution in [2.24, 2.45) is 5.92 Å². The normalized spacial score (nSPS) is 17.3. The van der Waals surface area contributed by atoms with Crippen molar-refractivity contribution in [3.8, 4) is 5.13 Å². The largest absolute Gasteiger partial charge is 0.351 e. The minimum absolute atomic E-state index is 0.00103. The Morgan fingerprint density at radius 2 is 2.00 bits per heavy atom. The van der Waals surface area contributed by atoms with Crippen LogP contribution >= 0.6 is 22.7 Å².